The first-order valence-electron chi connectivity index (χ1n) is 6.64. The van der Waals surface area contributed by atoms with Crippen molar-refractivity contribution in [3.8, 4) is 0 Å². The molecule has 0 spiro atoms. The fraction of sp³-hybridized carbons (Fsp3) is 0.467. The highest BCUT2D eigenvalue weighted by Gasteiger charge is 2.38. The van der Waals surface area contributed by atoms with Crippen molar-refractivity contribution in [3.63, 3.8) is 0 Å². The summed E-state index contributed by atoms with van der Waals surface area (Å²) in [6.45, 7) is 2.68. The van der Waals surface area contributed by atoms with E-state index in [1.54, 1.807) is 6.08 Å². The number of benzene rings is 1. The Morgan fingerprint density at radius 2 is 2.11 bits per heavy atom. The molecule has 0 aromatic heterocycles. The Labute approximate surface area is 112 Å². The van der Waals surface area contributed by atoms with Crippen molar-refractivity contribution in [1.29, 1.82) is 0 Å². The molecule has 1 fully saturated rings. The van der Waals surface area contributed by atoms with Crippen LogP contribution in [0.1, 0.15) is 37.3 Å². The van der Waals surface area contributed by atoms with Gasteiger partial charge in [0.1, 0.15) is 6.61 Å². The maximum atomic E-state index is 10.6. The predicted octanol–water partition coefficient (Wildman–Crippen LogP) is 2.57. The molecule has 0 bridgehead atoms. The summed E-state index contributed by atoms with van der Waals surface area (Å²) >= 11 is 0. The lowest BCUT2D eigenvalue weighted by atomic mass is 9.72. The van der Waals surface area contributed by atoms with Crippen LogP contribution in [0.2, 0.25) is 0 Å². The standard InChI is InChI=1S/C15H16N2O2/c1-11-9-19-14(17-11)12-3-5-13(6-4-12)15(16-10-18)7-2-8-15/h3-6,11H,2,7-9H2,1H3. The molecule has 0 saturated heterocycles. The average molecular weight is 256 g/mol. The van der Waals surface area contributed by atoms with Gasteiger partial charge in [0, 0.05) is 5.56 Å². The van der Waals surface area contributed by atoms with E-state index in [1.165, 1.54) is 0 Å². The molecule has 1 heterocycles. The number of carbonyl (C=O) groups excluding carboxylic acids is 1. The van der Waals surface area contributed by atoms with Gasteiger partial charge in [0.05, 0.1) is 11.6 Å². The largest absolute Gasteiger partial charge is 0.475 e. The topological polar surface area (TPSA) is 51.0 Å². The molecule has 1 aromatic rings. The van der Waals surface area contributed by atoms with E-state index in [0.29, 0.717) is 12.5 Å². The molecular formula is C15H16N2O2. The summed E-state index contributed by atoms with van der Waals surface area (Å²) < 4.78 is 5.53. The van der Waals surface area contributed by atoms with Crippen LogP contribution < -0.4 is 0 Å². The average Bonchev–Trinajstić information content (AvgIpc) is 2.81. The van der Waals surface area contributed by atoms with E-state index >= 15 is 0 Å². The zero-order valence-corrected chi connectivity index (χ0v) is 10.9. The molecule has 3 rings (SSSR count). The molecule has 1 unspecified atom stereocenters. The molecule has 0 N–H and O–H groups in total. The minimum absolute atomic E-state index is 0.229. The molecule has 1 atom stereocenters. The van der Waals surface area contributed by atoms with Gasteiger partial charge in [0.25, 0.3) is 0 Å². The Morgan fingerprint density at radius 3 is 2.58 bits per heavy atom. The van der Waals surface area contributed by atoms with Gasteiger partial charge in [-0.25, -0.2) is 9.79 Å². The van der Waals surface area contributed by atoms with Crippen molar-refractivity contribution in [3.05, 3.63) is 35.4 Å². The van der Waals surface area contributed by atoms with E-state index < -0.39 is 0 Å². The van der Waals surface area contributed by atoms with Crippen LogP contribution in [-0.4, -0.2) is 24.6 Å². The van der Waals surface area contributed by atoms with Crippen LogP contribution in [0.5, 0.6) is 0 Å². The number of hydrogen-bond acceptors (Lipinski definition) is 4. The smallest absolute Gasteiger partial charge is 0.235 e. The maximum Gasteiger partial charge on any atom is 0.235 e. The molecule has 1 aliphatic carbocycles. The SMILES string of the molecule is CC1COC(c2ccc(C3(N=C=O)CCC3)cc2)=N1. The van der Waals surface area contributed by atoms with Gasteiger partial charge in [-0.1, -0.05) is 12.1 Å². The fourth-order valence-corrected chi connectivity index (χ4v) is 2.62. The Bertz CT molecular complexity index is 552. The number of aliphatic imine (C=N–C) groups is 2. The first-order chi connectivity index (χ1) is 9.23. The van der Waals surface area contributed by atoms with Crippen LogP contribution >= 0.6 is 0 Å². The van der Waals surface area contributed by atoms with E-state index in [4.69, 9.17) is 4.74 Å². The second kappa shape index (κ2) is 4.63. The van der Waals surface area contributed by atoms with Gasteiger partial charge in [0.2, 0.25) is 12.0 Å². The second-order valence-corrected chi connectivity index (χ2v) is 5.26. The molecule has 1 aliphatic heterocycles. The molecule has 1 saturated carbocycles. The molecule has 1 aromatic carbocycles. The van der Waals surface area contributed by atoms with Crippen LogP contribution in [0.15, 0.2) is 34.3 Å². The number of isocyanates is 1. The van der Waals surface area contributed by atoms with E-state index in [0.717, 1.165) is 30.4 Å². The van der Waals surface area contributed by atoms with Crippen LogP contribution in [0.3, 0.4) is 0 Å². The maximum absolute atomic E-state index is 10.6. The van der Waals surface area contributed by atoms with E-state index in [2.05, 4.69) is 9.98 Å². The van der Waals surface area contributed by atoms with Crippen molar-refractivity contribution in [2.75, 3.05) is 6.61 Å². The summed E-state index contributed by atoms with van der Waals surface area (Å²) in [7, 11) is 0. The lowest BCUT2D eigenvalue weighted by molar-refractivity contribution is 0.256. The zero-order valence-electron chi connectivity index (χ0n) is 10.9. The van der Waals surface area contributed by atoms with Crippen LogP contribution in [0, 0.1) is 0 Å². The lowest BCUT2D eigenvalue weighted by Crippen LogP contribution is -2.31. The van der Waals surface area contributed by atoms with Gasteiger partial charge in [0.15, 0.2) is 0 Å². The number of hydrogen-bond donors (Lipinski definition) is 0. The summed E-state index contributed by atoms with van der Waals surface area (Å²) in [5, 5.41) is 0. The highest BCUT2D eigenvalue weighted by Crippen LogP contribution is 2.44. The lowest BCUT2D eigenvalue weighted by Gasteiger charge is -2.37. The normalized spacial score (nSPS) is 23.8. The number of ether oxygens (including phenoxy) is 1. The van der Waals surface area contributed by atoms with E-state index in [1.807, 2.05) is 31.2 Å². The van der Waals surface area contributed by atoms with Crippen molar-refractivity contribution >= 4 is 12.0 Å². The Balaban J connectivity index is 1.87. The van der Waals surface area contributed by atoms with E-state index in [9.17, 15) is 4.79 Å². The molecule has 4 nitrogen and oxygen atoms in total. The third-order valence-corrected chi connectivity index (χ3v) is 3.91. The van der Waals surface area contributed by atoms with Crippen molar-refractivity contribution in [2.24, 2.45) is 9.98 Å². The Morgan fingerprint density at radius 1 is 1.37 bits per heavy atom. The number of rotatable bonds is 3. The predicted molar refractivity (Wildman–Crippen MR) is 72.0 cm³/mol. The van der Waals surface area contributed by atoms with Gasteiger partial charge >= 0.3 is 0 Å². The minimum atomic E-state index is -0.327. The van der Waals surface area contributed by atoms with Gasteiger partial charge in [-0.3, -0.25) is 0 Å². The fourth-order valence-electron chi connectivity index (χ4n) is 2.62. The minimum Gasteiger partial charge on any atom is -0.475 e. The van der Waals surface area contributed by atoms with Gasteiger partial charge in [-0.15, -0.1) is 0 Å². The van der Waals surface area contributed by atoms with Crippen molar-refractivity contribution in [2.45, 2.75) is 37.8 Å². The molecule has 4 heteroatoms. The zero-order chi connectivity index (χ0) is 13.3. The monoisotopic (exact) mass is 256 g/mol. The second-order valence-electron chi connectivity index (χ2n) is 5.26. The summed E-state index contributed by atoms with van der Waals surface area (Å²) in [6, 6.07) is 8.25. The molecule has 0 amide bonds. The highest BCUT2D eigenvalue weighted by molar-refractivity contribution is 5.95. The molecule has 98 valence electrons. The van der Waals surface area contributed by atoms with Gasteiger partial charge in [-0.05, 0) is 43.9 Å². The molecule has 19 heavy (non-hydrogen) atoms. The first kappa shape index (κ1) is 12.1. The Kier molecular flexibility index (Phi) is 2.96. The van der Waals surface area contributed by atoms with Crippen molar-refractivity contribution in [1.82, 2.24) is 0 Å². The summed E-state index contributed by atoms with van der Waals surface area (Å²) in [5.41, 5.74) is 1.74. The van der Waals surface area contributed by atoms with Crippen LogP contribution in [-0.2, 0) is 15.1 Å². The highest BCUT2D eigenvalue weighted by atomic mass is 16.5. The molecule has 0 radical (unpaired) electrons. The summed E-state index contributed by atoms with van der Waals surface area (Å²) in [6.07, 6.45) is 4.68. The van der Waals surface area contributed by atoms with Crippen LogP contribution in [0.25, 0.3) is 0 Å². The van der Waals surface area contributed by atoms with Gasteiger partial charge in [-0.2, -0.15) is 4.99 Å². The third-order valence-electron chi connectivity index (χ3n) is 3.91. The van der Waals surface area contributed by atoms with E-state index in [-0.39, 0.29) is 11.6 Å². The number of nitrogens with zero attached hydrogens (tertiary/aromatic N) is 2. The summed E-state index contributed by atoms with van der Waals surface area (Å²) in [4.78, 5) is 19.0. The molecule has 2 aliphatic rings. The molecular weight excluding hydrogens is 240 g/mol. The van der Waals surface area contributed by atoms with Crippen LogP contribution in [0.4, 0.5) is 0 Å². The third kappa shape index (κ3) is 2.08. The summed E-state index contributed by atoms with van der Waals surface area (Å²) in [5.74, 6) is 0.709. The quantitative estimate of drug-likeness (QED) is 0.616. The van der Waals surface area contributed by atoms with Gasteiger partial charge < -0.3 is 4.74 Å². The first-order valence-corrected chi connectivity index (χ1v) is 6.64. The van der Waals surface area contributed by atoms with Crippen molar-refractivity contribution < 1.29 is 9.53 Å². The Hall–Kier alpha value is -1.93.